The zero-order chi connectivity index (χ0) is 16.1. The molecule has 23 heavy (non-hydrogen) atoms. The molecule has 3 rings (SSSR count). The Kier molecular flexibility index (Phi) is 6.75. The van der Waals surface area contributed by atoms with Crippen molar-refractivity contribution < 1.29 is 9.47 Å². The van der Waals surface area contributed by atoms with Gasteiger partial charge < -0.3 is 19.7 Å². The summed E-state index contributed by atoms with van der Waals surface area (Å²) in [6.45, 7) is 3.15. The molecule has 1 saturated heterocycles. The van der Waals surface area contributed by atoms with Crippen molar-refractivity contribution in [1.29, 1.82) is 0 Å². The van der Waals surface area contributed by atoms with Gasteiger partial charge in [0.2, 0.25) is 0 Å². The van der Waals surface area contributed by atoms with Crippen molar-refractivity contribution in [1.82, 2.24) is 10.2 Å². The summed E-state index contributed by atoms with van der Waals surface area (Å²) in [7, 11) is 4.17. The fourth-order valence-electron chi connectivity index (χ4n) is 4.83. The molecule has 3 fully saturated rings. The average Bonchev–Trinajstić information content (AvgIpc) is 3.25. The molecule has 1 heterocycles. The molecule has 4 nitrogen and oxygen atoms in total. The lowest BCUT2D eigenvalue weighted by Gasteiger charge is -2.30. The minimum absolute atomic E-state index is 0.342. The van der Waals surface area contributed by atoms with Crippen molar-refractivity contribution in [2.75, 3.05) is 33.9 Å². The average molecular weight is 325 g/mol. The van der Waals surface area contributed by atoms with Crippen LogP contribution < -0.4 is 5.32 Å². The van der Waals surface area contributed by atoms with Gasteiger partial charge in [-0.1, -0.05) is 12.8 Å². The predicted octanol–water partition coefficient (Wildman–Crippen LogP) is 2.81. The number of hydrogen-bond donors (Lipinski definition) is 1. The number of hydrogen-bond acceptors (Lipinski definition) is 4. The Morgan fingerprint density at radius 1 is 1.09 bits per heavy atom. The highest BCUT2D eigenvalue weighted by Crippen LogP contribution is 2.29. The molecule has 0 aromatic carbocycles. The number of nitrogens with one attached hydrogen (secondary N) is 1. The molecule has 0 aromatic heterocycles. The van der Waals surface area contributed by atoms with E-state index in [1.165, 1.54) is 51.5 Å². The van der Waals surface area contributed by atoms with Gasteiger partial charge in [-0.3, -0.25) is 0 Å². The summed E-state index contributed by atoms with van der Waals surface area (Å²) >= 11 is 0. The van der Waals surface area contributed by atoms with E-state index in [1.54, 1.807) is 0 Å². The first-order valence-corrected chi connectivity index (χ1v) is 9.82. The zero-order valence-electron chi connectivity index (χ0n) is 15.1. The normalized spacial score (nSPS) is 36.1. The molecule has 1 aliphatic heterocycles. The third-order valence-corrected chi connectivity index (χ3v) is 6.32. The highest BCUT2D eigenvalue weighted by atomic mass is 16.5. The lowest BCUT2D eigenvalue weighted by atomic mass is 10.0. The van der Waals surface area contributed by atoms with Crippen LogP contribution in [0.3, 0.4) is 0 Å². The first-order chi connectivity index (χ1) is 11.2. The lowest BCUT2D eigenvalue weighted by molar-refractivity contribution is -0.0576. The number of methoxy groups -OCH3 is 1. The molecule has 134 valence electrons. The van der Waals surface area contributed by atoms with Crippen molar-refractivity contribution in [3.05, 3.63) is 0 Å². The molecular weight excluding hydrogens is 288 g/mol. The molecule has 0 radical (unpaired) electrons. The van der Waals surface area contributed by atoms with Crippen LogP contribution in [0.2, 0.25) is 0 Å². The van der Waals surface area contributed by atoms with Gasteiger partial charge in [-0.25, -0.2) is 0 Å². The van der Waals surface area contributed by atoms with Crippen LogP contribution >= 0.6 is 0 Å². The smallest absolute Gasteiger partial charge is 0.0724 e. The molecule has 4 unspecified atom stereocenters. The highest BCUT2D eigenvalue weighted by molar-refractivity contribution is 4.85. The first-order valence-electron chi connectivity index (χ1n) is 9.82. The molecule has 0 amide bonds. The summed E-state index contributed by atoms with van der Waals surface area (Å²) in [5, 5.41) is 3.77. The molecule has 4 heteroatoms. The van der Waals surface area contributed by atoms with E-state index < -0.39 is 0 Å². The predicted molar refractivity (Wildman–Crippen MR) is 93.8 cm³/mol. The highest BCUT2D eigenvalue weighted by Gasteiger charge is 2.29. The van der Waals surface area contributed by atoms with Crippen LogP contribution in [-0.2, 0) is 9.47 Å². The molecule has 4 atom stereocenters. The first kappa shape index (κ1) is 17.7. The maximum atomic E-state index is 5.88. The summed E-state index contributed by atoms with van der Waals surface area (Å²) in [5.74, 6) is 0.886. The van der Waals surface area contributed by atoms with Gasteiger partial charge in [-0.2, -0.15) is 0 Å². The minimum Gasteiger partial charge on any atom is -0.381 e. The van der Waals surface area contributed by atoms with Crippen LogP contribution in [0, 0.1) is 5.92 Å². The van der Waals surface area contributed by atoms with Crippen LogP contribution in [0.25, 0.3) is 0 Å². The van der Waals surface area contributed by atoms with Crippen molar-refractivity contribution in [2.24, 2.45) is 5.92 Å². The summed E-state index contributed by atoms with van der Waals surface area (Å²) in [6.07, 6.45) is 12.6. The van der Waals surface area contributed by atoms with Crippen LogP contribution in [0.5, 0.6) is 0 Å². The van der Waals surface area contributed by atoms with Gasteiger partial charge in [-0.05, 0) is 51.5 Å². The summed E-state index contributed by atoms with van der Waals surface area (Å²) in [4.78, 5) is 2.65. The van der Waals surface area contributed by atoms with E-state index in [-0.39, 0.29) is 0 Å². The van der Waals surface area contributed by atoms with E-state index >= 15 is 0 Å². The number of ether oxygens (including phenoxy) is 2. The van der Waals surface area contributed by atoms with E-state index in [0.717, 1.165) is 38.0 Å². The quantitative estimate of drug-likeness (QED) is 0.781. The monoisotopic (exact) mass is 324 g/mol. The molecule has 0 spiro atoms. The molecule has 3 aliphatic rings. The maximum absolute atomic E-state index is 5.88. The van der Waals surface area contributed by atoms with E-state index in [0.29, 0.717) is 18.2 Å². The fraction of sp³-hybridized carbons (Fsp3) is 1.00. The molecule has 2 saturated carbocycles. The van der Waals surface area contributed by atoms with Crippen LogP contribution in [0.15, 0.2) is 0 Å². The van der Waals surface area contributed by atoms with Gasteiger partial charge in [0, 0.05) is 45.3 Å². The van der Waals surface area contributed by atoms with Gasteiger partial charge in [0.05, 0.1) is 12.2 Å². The Morgan fingerprint density at radius 3 is 2.70 bits per heavy atom. The maximum Gasteiger partial charge on any atom is 0.0724 e. The standard InChI is InChI=1S/C19H36N2O2/c1-21(17-5-3-4-6-17)14-15-7-8-16(11-15)20-13-19-12-18(22-2)9-10-23-19/h15-20H,3-14H2,1-2H3. The minimum atomic E-state index is 0.342. The van der Waals surface area contributed by atoms with Gasteiger partial charge >= 0.3 is 0 Å². The van der Waals surface area contributed by atoms with Gasteiger partial charge in [0.1, 0.15) is 0 Å². The second kappa shape index (κ2) is 8.80. The SMILES string of the molecule is COC1CCOC(CNC2CCC(CN(C)C3CCCC3)C2)C1. The van der Waals surface area contributed by atoms with E-state index in [9.17, 15) is 0 Å². The van der Waals surface area contributed by atoms with E-state index in [4.69, 9.17) is 9.47 Å². The number of nitrogens with zero attached hydrogens (tertiary/aromatic N) is 1. The second-order valence-electron chi connectivity index (χ2n) is 8.04. The molecule has 2 aliphatic carbocycles. The zero-order valence-corrected chi connectivity index (χ0v) is 15.1. The van der Waals surface area contributed by atoms with Gasteiger partial charge in [0.25, 0.3) is 0 Å². The molecule has 0 aromatic rings. The number of rotatable bonds is 7. The third-order valence-electron chi connectivity index (χ3n) is 6.32. The Balaban J connectivity index is 1.33. The Bertz CT molecular complexity index is 346. The van der Waals surface area contributed by atoms with Crippen molar-refractivity contribution in [3.8, 4) is 0 Å². The molecular formula is C19H36N2O2. The van der Waals surface area contributed by atoms with Crippen molar-refractivity contribution in [2.45, 2.75) is 82.1 Å². The van der Waals surface area contributed by atoms with Crippen molar-refractivity contribution >= 4 is 0 Å². The summed E-state index contributed by atoms with van der Waals surface area (Å²) < 4.78 is 11.4. The third kappa shape index (κ3) is 5.15. The molecule has 1 N–H and O–H groups in total. The van der Waals surface area contributed by atoms with Crippen LogP contribution in [0.4, 0.5) is 0 Å². The summed E-state index contributed by atoms with van der Waals surface area (Å²) in [6, 6.07) is 1.56. The van der Waals surface area contributed by atoms with E-state index in [2.05, 4.69) is 17.3 Å². The summed E-state index contributed by atoms with van der Waals surface area (Å²) in [5.41, 5.74) is 0. The molecule has 0 bridgehead atoms. The Labute approximate surface area is 142 Å². The van der Waals surface area contributed by atoms with E-state index in [1.807, 2.05) is 7.11 Å². The van der Waals surface area contributed by atoms with Crippen molar-refractivity contribution in [3.63, 3.8) is 0 Å². The second-order valence-corrected chi connectivity index (χ2v) is 8.04. The van der Waals surface area contributed by atoms with Crippen LogP contribution in [0.1, 0.15) is 57.8 Å². The topological polar surface area (TPSA) is 33.7 Å². The Hall–Kier alpha value is -0.160. The lowest BCUT2D eigenvalue weighted by Crippen LogP contribution is -2.40. The largest absolute Gasteiger partial charge is 0.381 e. The fourth-order valence-corrected chi connectivity index (χ4v) is 4.83. The van der Waals surface area contributed by atoms with Crippen LogP contribution in [-0.4, -0.2) is 63.0 Å². The van der Waals surface area contributed by atoms with Gasteiger partial charge in [-0.15, -0.1) is 0 Å². The Morgan fingerprint density at radius 2 is 1.91 bits per heavy atom. The van der Waals surface area contributed by atoms with Gasteiger partial charge in [0.15, 0.2) is 0 Å².